The van der Waals surface area contributed by atoms with Crippen LogP contribution in [0.25, 0.3) is 0 Å². The predicted octanol–water partition coefficient (Wildman–Crippen LogP) is 4.75. The molecule has 0 saturated carbocycles. The SMILES string of the molecule is CCNc1cc(Sc2ccc(C(C)C)cc2)nc(CC)n1. The third-order valence-corrected chi connectivity index (χ3v) is 4.12. The zero-order valence-electron chi connectivity index (χ0n) is 13.2. The fourth-order valence-electron chi connectivity index (χ4n) is 2.00. The normalized spacial score (nSPS) is 10.9. The third-order valence-electron chi connectivity index (χ3n) is 3.19. The summed E-state index contributed by atoms with van der Waals surface area (Å²) in [7, 11) is 0. The number of hydrogen-bond donors (Lipinski definition) is 1. The first-order valence-electron chi connectivity index (χ1n) is 7.52. The number of hydrogen-bond acceptors (Lipinski definition) is 4. The Hall–Kier alpha value is -1.55. The van der Waals surface area contributed by atoms with Gasteiger partial charge in [-0.25, -0.2) is 9.97 Å². The lowest BCUT2D eigenvalue weighted by molar-refractivity contribution is 0.864. The molecule has 0 atom stereocenters. The van der Waals surface area contributed by atoms with Crippen LogP contribution in [0.15, 0.2) is 40.3 Å². The van der Waals surface area contributed by atoms with Crippen LogP contribution in [0, 0.1) is 0 Å². The number of nitrogens with zero attached hydrogens (tertiary/aromatic N) is 2. The van der Waals surface area contributed by atoms with Crippen LogP contribution in [-0.4, -0.2) is 16.5 Å². The first kappa shape index (κ1) is 15.8. The Morgan fingerprint density at radius 2 is 1.81 bits per heavy atom. The molecule has 4 heteroatoms. The summed E-state index contributed by atoms with van der Waals surface area (Å²) in [5.74, 6) is 2.36. The predicted molar refractivity (Wildman–Crippen MR) is 90.2 cm³/mol. The molecule has 1 N–H and O–H groups in total. The molecule has 0 fully saturated rings. The lowest BCUT2D eigenvalue weighted by Gasteiger charge is -2.09. The molecule has 21 heavy (non-hydrogen) atoms. The van der Waals surface area contributed by atoms with Crippen molar-refractivity contribution in [1.82, 2.24) is 9.97 Å². The maximum absolute atomic E-state index is 4.60. The van der Waals surface area contributed by atoms with Gasteiger partial charge in [0.25, 0.3) is 0 Å². The highest BCUT2D eigenvalue weighted by Crippen LogP contribution is 2.28. The number of nitrogens with one attached hydrogen (secondary N) is 1. The topological polar surface area (TPSA) is 37.8 Å². The molecule has 0 aliphatic heterocycles. The van der Waals surface area contributed by atoms with Crippen molar-refractivity contribution in [2.75, 3.05) is 11.9 Å². The molecule has 0 bridgehead atoms. The number of benzene rings is 1. The van der Waals surface area contributed by atoms with E-state index in [1.807, 2.05) is 6.07 Å². The van der Waals surface area contributed by atoms with E-state index in [1.165, 1.54) is 10.5 Å². The number of aromatic nitrogens is 2. The van der Waals surface area contributed by atoms with Crippen LogP contribution in [0.2, 0.25) is 0 Å². The van der Waals surface area contributed by atoms with Gasteiger partial charge in [0.05, 0.1) is 0 Å². The second-order valence-corrected chi connectivity index (χ2v) is 6.31. The van der Waals surface area contributed by atoms with E-state index >= 15 is 0 Å². The van der Waals surface area contributed by atoms with Crippen molar-refractivity contribution in [3.05, 3.63) is 41.7 Å². The summed E-state index contributed by atoms with van der Waals surface area (Å²) in [6.07, 6.45) is 0.846. The molecule has 0 amide bonds. The van der Waals surface area contributed by atoms with Crippen LogP contribution in [-0.2, 0) is 6.42 Å². The number of aryl methyl sites for hydroxylation is 1. The highest BCUT2D eigenvalue weighted by Gasteiger charge is 2.06. The molecular formula is C17H23N3S. The van der Waals surface area contributed by atoms with Gasteiger partial charge in [-0.05, 0) is 30.5 Å². The first-order chi connectivity index (χ1) is 10.1. The quantitative estimate of drug-likeness (QED) is 0.782. The van der Waals surface area contributed by atoms with E-state index in [4.69, 9.17) is 0 Å². The van der Waals surface area contributed by atoms with E-state index in [0.717, 1.165) is 29.6 Å². The standard InChI is InChI=1S/C17H23N3S/c1-5-15-19-16(18-6-2)11-17(20-15)21-14-9-7-13(8-10-14)12(3)4/h7-12H,5-6H2,1-4H3,(H,18,19,20). The smallest absolute Gasteiger partial charge is 0.131 e. The van der Waals surface area contributed by atoms with Gasteiger partial charge in [-0.3, -0.25) is 0 Å². The van der Waals surface area contributed by atoms with Crippen LogP contribution in [0.3, 0.4) is 0 Å². The molecule has 2 aromatic rings. The maximum Gasteiger partial charge on any atom is 0.131 e. The van der Waals surface area contributed by atoms with Crippen molar-refractivity contribution < 1.29 is 0 Å². The molecule has 0 radical (unpaired) electrons. The lowest BCUT2D eigenvalue weighted by Crippen LogP contribution is -2.03. The molecular weight excluding hydrogens is 278 g/mol. The van der Waals surface area contributed by atoms with Crippen molar-refractivity contribution in [2.24, 2.45) is 0 Å². The van der Waals surface area contributed by atoms with Gasteiger partial charge in [-0.2, -0.15) is 0 Å². The van der Waals surface area contributed by atoms with Crippen molar-refractivity contribution in [1.29, 1.82) is 0 Å². The van der Waals surface area contributed by atoms with E-state index in [-0.39, 0.29) is 0 Å². The van der Waals surface area contributed by atoms with Gasteiger partial charge in [0, 0.05) is 23.9 Å². The van der Waals surface area contributed by atoms with Gasteiger partial charge in [0.2, 0.25) is 0 Å². The fourth-order valence-corrected chi connectivity index (χ4v) is 2.83. The van der Waals surface area contributed by atoms with E-state index in [0.29, 0.717) is 5.92 Å². The van der Waals surface area contributed by atoms with Crippen molar-refractivity contribution in [3.63, 3.8) is 0 Å². The van der Waals surface area contributed by atoms with Gasteiger partial charge in [0.15, 0.2) is 0 Å². The van der Waals surface area contributed by atoms with Gasteiger partial charge in [0.1, 0.15) is 16.7 Å². The Morgan fingerprint density at radius 1 is 1.10 bits per heavy atom. The van der Waals surface area contributed by atoms with Crippen molar-refractivity contribution in [3.8, 4) is 0 Å². The monoisotopic (exact) mass is 301 g/mol. The maximum atomic E-state index is 4.60. The minimum atomic E-state index is 0.565. The van der Waals surface area contributed by atoms with E-state index in [2.05, 4.69) is 67.2 Å². The van der Waals surface area contributed by atoms with Crippen LogP contribution in [0.1, 0.15) is 45.0 Å². The molecule has 2 rings (SSSR count). The van der Waals surface area contributed by atoms with Crippen LogP contribution in [0.5, 0.6) is 0 Å². The van der Waals surface area contributed by atoms with Gasteiger partial charge in [-0.15, -0.1) is 0 Å². The molecule has 0 aliphatic rings. The number of rotatable bonds is 6. The molecule has 1 aromatic carbocycles. The Kier molecular flexibility index (Phi) is 5.62. The van der Waals surface area contributed by atoms with Gasteiger partial charge >= 0.3 is 0 Å². The average Bonchev–Trinajstić information content (AvgIpc) is 2.48. The summed E-state index contributed by atoms with van der Waals surface area (Å²) in [6, 6.07) is 10.7. The summed E-state index contributed by atoms with van der Waals surface area (Å²) in [6.45, 7) is 9.45. The van der Waals surface area contributed by atoms with Gasteiger partial charge < -0.3 is 5.32 Å². The van der Waals surface area contributed by atoms with E-state index in [9.17, 15) is 0 Å². The summed E-state index contributed by atoms with van der Waals surface area (Å²) >= 11 is 1.69. The summed E-state index contributed by atoms with van der Waals surface area (Å²) in [5.41, 5.74) is 1.37. The summed E-state index contributed by atoms with van der Waals surface area (Å²) in [4.78, 5) is 10.3. The number of anilines is 1. The first-order valence-corrected chi connectivity index (χ1v) is 8.33. The van der Waals surface area contributed by atoms with Crippen molar-refractivity contribution in [2.45, 2.75) is 50.0 Å². The fraction of sp³-hybridized carbons (Fsp3) is 0.412. The second kappa shape index (κ2) is 7.46. The third kappa shape index (κ3) is 4.46. The van der Waals surface area contributed by atoms with E-state index < -0.39 is 0 Å². The van der Waals surface area contributed by atoms with Gasteiger partial charge in [-0.1, -0.05) is 44.7 Å². The molecule has 1 heterocycles. The Balaban J connectivity index is 2.19. The van der Waals surface area contributed by atoms with Crippen LogP contribution < -0.4 is 5.32 Å². The molecule has 0 spiro atoms. The molecule has 0 aliphatic carbocycles. The molecule has 112 valence electrons. The van der Waals surface area contributed by atoms with E-state index in [1.54, 1.807) is 11.8 Å². The lowest BCUT2D eigenvalue weighted by atomic mass is 10.0. The highest BCUT2D eigenvalue weighted by atomic mass is 32.2. The zero-order valence-corrected chi connectivity index (χ0v) is 14.0. The average molecular weight is 301 g/mol. The van der Waals surface area contributed by atoms with Crippen molar-refractivity contribution >= 4 is 17.6 Å². The minimum Gasteiger partial charge on any atom is -0.370 e. The minimum absolute atomic E-state index is 0.565. The van der Waals surface area contributed by atoms with Crippen LogP contribution >= 0.6 is 11.8 Å². The second-order valence-electron chi connectivity index (χ2n) is 5.22. The highest BCUT2D eigenvalue weighted by molar-refractivity contribution is 7.99. The zero-order chi connectivity index (χ0) is 15.2. The summed E-state index contributed by atoms with van der Waals surface area (Å²) in [5, 5.41) is 4.26. The molecule has 3 nitrogen and oxygen atoms in total. The summed E-state index contributed by atoms with van der Waals surface area (Å²) < 4.78 is 0. The molecule has 0 unspecified atom stereocenters. The molecule has 0 saturated heterocycles. The largest absolute Gasteiger partial charge is 0.370 e. The van der Waals surface area contributed by atoms with Crippen LogP contribution in [0.4, 0.5) is 5.82 Å². The Bertz CT molecular complexity index is 579. The Labute approximate surface area is 131 Å². The Morgan fingerprint density at radius 3 is 2.38 bits per heavy atom. The molecule has 1 aromatic heterocycles.